The van der Waals surface area contributed by atoms with E-state index < -0.39 is 12.2 Å². The van der Waals surface area contributed by atoms with Crippen molar-refractivity contribution in [1.82, 2.24) is 0 Å². The maximum Gasteiger partial charge on any atom is 0.161 e. The van der Waals surface area contributed by atoms with Crippen LogP contribution in [0.1, 0.15) is 53.4 Å². The predicted octanol–water partition coefficient (Wildman–Crippen LogP) is 2.47. The number of carbonyl (C=O) groups is 1. The van der Waals surface area contributed by atoms with Gasteiger partial charge in [0.25, 0.3) is 0 Å². The first kappa shape index (κ1) is 16.7. The Bertz CT molecular complexity index is 609. The van der Waals surface area contributed by atoms with Crippen molar-refractivity contribution >= 4 is 5.78 Å². The van der Waals surface area contributed by atoms with Gasteiger partial charge in [-0.2, -0.15) is 0 Å². The van der Waals surface area contributed by atoms with Gasteiger partial charge in [0.1, 0.15) is 0 Å². The molecule has 0 aromatic heterocycles. The first-order chi connectivity index (χ1) is 11.2. The lowest BCUT2D eigenvalue weighted by Crippen LogP contribution is -2.41. The summed E-state index contributed by atoms with van der Waals surface area (Å²) in [7, 11) is 0. The zero-order valence-corrected chi connectivity index (χ0v) is 15.2. The average Bonchev–Trinajstić information content (AvgIpc) is 2.99. The Morgan fingerprint density at radius 3 is 2.50 bits per heavy atom. The van der Waals surface area contributed by atoms with Gasteiger partial charge in [-0.15, -0.1) is 0 Å². The van der Waals surface area contributed by atoms with E-state index >= 15 is 0 Å². The molecule has 2 fully saturated rings. The number of hydrogen-bond acceptors (Lipinski definition) is 4. The molecule has 4 nitrogen and oxygen atoms in total. The van der Waals surface area contributed by atoms with Crippen LogP contribution in [0, 0.1) is 28.6 Å². The Hall–Kier alpha value is -0.710. The number of ether oxygens (including phenoxy) is 1. The van der Waals surface area contributed by atoms with Gasteiger partial charge in [0.05, 0.1) is 24.9 Å². The molecule has 2 saturated carbocycles. The van der Waals surface area contributed by atoms with Crippen LogP contribution in [0.25, 0.3) is 0 Å². The minimum absolute atomic E-state index is 0.00393. The summed E-state index contributed by atoms with van der Waals surface area (Å²) in [6.45, 7) is 9.16. The number of ketones is 1. The summed E-state index contributed by atoms with van der Waals surface area (Å²) in [4.78, 5) is 12.4. The van der Waals surface area contributed by atoms with E-state index in [0.717, 1.165) is 30.4 Å². The highest BCUT2D eigenvalue weighted by atomic mass is 16.5. The number of rotatable bonds is 1. The number of hydrogen-bond donors (Lipinski definition) is 2. The molecule has 1 aliphatic heterocycles. The molecule has 7 unspecified atom stereocenters. The van der Waals surface area contributed by atoms with Crippen LogP contribution in [0.5, 0.6) is 0 Å². The van der Waals surface area contributed by atoms with Gasteiger partial charge in [0.15, 0.2) is 5.78 Å². The Labute approximate surface area is 144 Å². The van der Waals surface area contributed by atoms with Gasteiger partial charge < -0.3 is 14.9 Å². The van der Waals surface area contributed by atoms with Crippen LogP contribution in [0.4, 0.5) is 0 Å². The molecule has 0 amide bonds. The standard InChI is InChI=1S/C20H30O4/c1-10(2)13-16(22)17(23)15-18-14-11(9-24-18)12(21)5-6-19(14,3)7-8-20(13,15)4/h10,13,15-18,22-23H,5-9H2,1-4H3. The van der Waals surface area contributed by atoms with E-state index in [-0.39, 0.29) is 34.6 Å². The number of fused-ring (bicyclic) bond motifs is 2. The van der Waals surface area contributed by atoms with Crippen molar-refractivity contribution in [2.24, 2.45) is 28.6 Å². The second kappa shape index (κ2) is 5.15. The third kappa shape index (κ3) is 1.94. The summed E-state index contributed by atoms with van der Waals surface area (Å²) in [5.41, 5.74) is 1.86. The van der Waals surface area contributed by atoms with Gasteiger partial charge in [0.2, 0.25) is 0 Å². The SMILES string of the molecule is CC(C)C1C(O)C(O)C2C3OCC4=C3C(C)(CCC4=O)CCC12C. The number of aliphatic hydroxyl groups is 2. The Balaban J connectivity index is 1.86. The highest BCUT2D eigenvalue weighted by molar-refractivity contribution is 5.98. The second-order valence-corrected chi connectivity index (χ2v) is 9.39. The molecule has 2 N–H and O–H groups in total. The highest BCUT2D eigenvalue weighted by Crippen LogP contribution is 2.63. The number of Topliss-reactive ketones (excluding diaryl/α,β-unsaturated/α-hetero) is 1. The molecule has 3 aliphatic carbocycles. The minimum atomic E-state index is -0.779. The first-order valence-corrected chi connectivity index (χ1v) is 9.45. The molecule has 4 rings (SSSR count). The largest absolute Gasteiger partial charge is 0.390 e. The van der Waals surface area contributed by atoms with Crippen molar-refractivity contribution in [3.63, 3.8) is 0 Å². The van der Waals surface area contributed by atoms with Gasteiger partial charge in [-0.25, -0.2) is 0 Å². The first-order valence-electron chi connectivity index (χ1n) is 9.45. The molecule has 0 bridgehead atoms. The Kier molecular flexibility index (Phi) is 3.59. The molecule has 0 spiro atoms. The smallest absolute Gasteiger partial charge is 0.161 e. The van der Waals surface area contributed by atoms with Crippen molar-refractivity contribution in [3.8, 4) is 0 Å². The van der Waals surface area contributed by atoms with Crippen LogP contribution in [-0.2, 0) is 9.53 Å². The van der Waals surface area contributed by atoms with E-state index in [1.54, 1.807) is 0 Å². The lowest BCUT2D eigenvalue weighted by Gasteiger charge is -2.40. The predicted molar refractivity (Wildman–Crippen MR) is 90.3 cm³/mol. The Morgan fingerprint density at radius 2 is 1.83 bits per heavy atom. The third-order valence-electron chi connectivity index (χ3n) is 7.78. The van der Waals surface area contributed by atoms with E-state index in [9.17, 15) is 15.0 Å². The van der Waals surface area contributed by atoms with Crippen molar-refractivity contribution in [3.05, 3.63) is 11.1 Å². The van der Waals surface area contributed by atoms with Crippen LogP contribution >= 0.6 is 0 Å². The Morgan fingerprint density at radius 1 is 1.12 bits per heavy atom. The second-order valence-electron chi connectivity index (χ2n) is 9.39. The monoisotopic (exact) mass is 334 g/mol. The quantitative estimate of drug-likeness (QED) is 0.773. The van der Waals surface area contributed by atoms with E-state index in [2.05, 4.69) is 27.7 Å². The molecule has 0 radical (unpaired) electrons. The maximum atomic E-state index is 12.4. The van der Waals surface area contributed by atoms with Crippen LogP contribution in [0.3, 0.4) is 0 Å². The number of aliphatic hydroxyl groups excluding tert-OH is 2. The summed E-state index contributed by atoms with van der Waals surface area (Å²) < 4.78 is 6.15. The maximum absolute atomic E-state index is 12.4. The van der Waals surface area contributed by atoms with Crippen LogP contribution in [-0.4, -0.2) is 40.9 Å². The molecule has 4 aliphatic rings. The van der Waals surface area contributed by atoms with Crippen LogP contribution in [0.2, 0.25) is 0 Å². The van der Waals surface area contributed by atoms with E-state index in [1.807, 2.05) is 0 Å². The molecule has 7 atom stereocenters. The normalized spacial score (nSPS) is 51.0. The summed E-state index contributed by atoms with van der Waals surface area (Å²) >= 11 is 0. The molecule has 0 saturated heterocycles. The molecule has 0 aromatic carbocycles. The molecule has 24 heavy (non-hydrogen) atoms. The van der Waals surface area contributed by atoms with E-state index in [0.29, 0.717) is 18.9 Å². The topological polar surface area (TPSA) is 66.8 Å². The van der Waals surface area contributed by atoms with Crippen molar-refractivity contribution < 1.29 is 19.7 Å². The van der Waals surface area contributed by atoms with Gasteiger partial charge in [-0.3, -0.25) is 4.79 Å². The lowest BCUT2D eigenvalue weighted by molar-refractivity contribution is -0.117. The molecule has 1 heterocycles. The zero-order chi connectivity index (χ0) is 17.4. The molecular formula is C20H30O4. The minimum Gasteiger partial charge on any atom is -0.390 e. The highest BCUT2D eigenvalue weighted by Gasteiger charge is 2.65. The summed E-state index contributed by atoms with van der Waals surface area (Å²) in [5, 5.41) is 21.7. The molecular weight excluding hydrogens is 304 g/mol. The van der Waals surface area contributed by atoms with E-state index in [1.165, 1.54) is 0 Å². The number of carbonyl (C=O) groups excluding carboxylic acids is 1. The van der Waals surface area contributed by atoms with Gasteiger partial charge in [0, 0.05) is 17.9 Å². The fourth-order valence-corrected chi connectivity index (χ4v) is 6.65. The zero-order valence-electron chi connectivity index (χ0n) is 15.2. The lowest BCUT2D eigenvalue weighted by atomic mass is 9.66. The van der Waals surface area contributed by atoms with Crippen molar-refractivity contribution in [2.45, 2.75) is 71.7 Å². The van der Waals surface area contributed by atoms with Gasteiger partial charge in [-0.1, -0.05) is 27.7 Å². The van der Waals surface area contributed by atoms with Gasteiger partial charge in [-0.05, 0) is 47.5 Å². The van der Waals surface area contributed by atoms with Gasteiger partial charge >= 0.3 is 0 Å². The average molecular weight is 334 g/mol. The molecule has 0 aromatic rings. The fraction of sp³-hybridized carbons (Fsp3) is 0.850. The van der Waals surface area contributed by atoms with Crippen LogP contribution < -0.4 is 0 Å². The van der Waals surface area contributed by atoms with E-state index in [4.69, 9.17) is 4.74 Å². The van der Waals surface area contributed by atoms with Crippen molar-refractivity contribution in [2.75, 3.05) is 6.61 Å². The van der Waals surface area contributed by atoms with Crippen molar-refractivity contribution in [1.29, 1.82) is 0 Å². The fourth-order valence-electron chi connectivity index (χ4n) is 6.65. The summed E-state index contributed by atoms with van der Waals surface area (Å²) in [6, 6.07) is 0. The molecule has 134 valence electrons. The van der Waals surface area contributed by atoms with Crippen LogP contribution in [0.15, 0.2) is 11.1 Å². The summed E-state index contributed by atoms with van der Waals surface area (Å²) in [5.74, 6) is 0.460. The molecule has 4 heteroatoms. The third-order valence-corrected chi connectivity index (χ3v) is 7.78. The summed E-state index contributed by atoms with van der Waals surface area (Å²) in [6.07, 6.45) is 1.78.